The summed E-state index contributed by atoms with van der Waals surface area (Å²) in [5.74, 6) is -1.58. The maximum absolute atomic E-state index is 12.2. The molecule has 0 radical (unpaired) electrons. The van der Waals surface area contributed by atoms with E-state index in [4.69, 9.17) is 14.6 Å². The van der Waals surface area contributed by atoms with Crippen molar-refractivity contribution in [1.82, 2.24) is 13.5 Å². The van der Waals surface area contributed by atoms with Crippen molar-refractivity contribution in [2.45, 2.75) is 25.1 Å². The number of aliphatic carboxylic acids is 1. The molecular formula is C15H26F3N3O5S. The van der Waals surface area contributed by atoms with E-state index in [1.54, 1.807) is 18.4 Å². The lowest BCUT2D eigenvalue weighted by Gasteiger charge is -2.24. The first-order chi connectivity index (χ1) is 12.4. The van der Waals surface area contributed by atoms with E-state index < -0.39 is 22.4 Å². The van der Waals surface area contributed by atoms with Crippen LogP contribution in [0.4, 0.5) is 13.2 Å². The summed E-state index contributed by atoms with van der Waals surface area (Å²) in [4.78, 5) is 11.4. The summed E-state index contributed by atoms with van der Waals surface area (Å²) in [5.41, 5.74) is 0. The minimum atomic E-state index is -5.08. The maximum Gasteiger partial charge on any atom is 0.490 e. The van der Waals surface area contributed by atoms with Crippen molar-refractivity contribution in [2.75, 3.05) is 53.4 Å². The second-order valence-electron chi connectivity index (χ2n) is 7.28. The van der Waals surface area contributed by atoms with Gasteiger partial charge >= 0.3 is 12.1 Å². The molecule has 0 aromatic heterocycles. The highest BCUT2D eigenvalue weighted by molar-refractivity contribution is 7.86. The van der Waals surface area contributed by atoms with E-state index in [-0.39, 0.29) is 6.10 Å². The van der Waals surface area contributed by atoms with Crippen LogP contribution < -0.4 is 0 Å². The summed E-state index contributed by atoms with van der Waals surface area (Å²) in [5, 5.41) is 7.12. The van der Waals surface area contributed by atoms with Gasteiger partial charge in [0.2, 0.25) is 0 Å². The Hall–Kier alpha value is -0.950. The molecule has 3 fully saturated rings. The van der Waals surface area contributed by atoms with Gasteiger partial charge in [-0.15, -0.1) is 0 Å². The van der Waals surface area contributed by atoms with Gasteiger partial charge in [-0.25, -0.2) is 4.79 Å². The molecule has 1 saturated carbocycles. The van der Waals surface area contributed by atoms with Crippen LogP contribution in [0.15, 0.2) is 0 Å². The molecule has 2 atom stereocenters. The summed E-state index contributed by atoms with van der Waals surface area (Å²) in [7, 11) is -0.133. The number of hydrogen-bond acceptors (Lipinski definition) is 5. The lowest BCUT2D eigenvalue weighted by atomic mass is 10.1. The average Bonchev–Trinajstić information content (AvgIpc) is 3.30. The Kier molecular flexibility index (Phi) is 7.11. The number of carboxylic acid groups (broad SMARTS) is 1. The van der Waals surface area contributed by atoms with Crippen molar-refractivity contribution in [3.8, 4) is 0 Å². The van der Waals surface area contributed by atoms with Crippen LogP contribution in [0.5, 0.6) is 0 Å². The number of carboxylic acids is 1. The van der Waals surface area contributed by atoms with Crippen LogP contribution in [0.3, 0.4) is 0 Å². The molecule has 0 unspecified atom stereocenters. The standard InChI is InChI=1S/C13H25N3O3S.C2HF3O2/c1-14(2)20(17,18)16-9-12-8-15(7-11-3-4-11)5-6-19-13(12)10-16;3-2(4,5)1(6)7/h11-13H,3-10H2,1-2H3;(H,6,7)/t12-,13+;/m0./s1. The highest BCUT2D eigenvalue weighted by Crippen LogP contribution is 2.32. The summed E-state index contributed by atoms with van der Waals surface area (Å²) < 4.78 is 64.9. The SMILES string of the molecule is CN(C)S(=O)(=O)N1C[C@@H]2CN(CC3CC3)CCO[C@@H]2C1.O=C(O)C(F)(F)F. The van der Waals surface area contributed by atoms with E-state index in [0.29, 0.717) is 19.0 Å². The van der Waals surface area contributed by atoms with Gasteiger partial charge < -0.3 is 14.7 Å². The molecule has 2 heterocycles. The van der Waals surface area contributed by atoms with Crippen LogP contribution in [-0.4, -0.2) is 98.7 Å². The monoisotopic (exact) mass is 417 g/mol. The van der Waals surface area contributed by atoms with Crippen LogP contribution in [0, 0.1) is 11.8 Å². The van der Waals surface area contributed by atoms with Crippen LogP contribution in [0.1, 0.15) is 12.8 Å². The largest absolute Gasteiger partial charge is 0.490 e. The van der Waals surface area contributed by atoms with Crippen LogP contribution in [0.25, 0.3) is 0 Å². The Morgan fingerprint density at radius 2 is 1.81 bits per heavy atom. The normalized spacial score (nSPS) is 27.6. The van der Waals surface area contributed by atoms with Gasteiger partial charge in [-0.2, -0.15) is 30.2 Å². The zero-order valence-corrected chi connectivity index (χ0v) is 16.2. The van der Waals surface area contributed by atoms with Gasteiger partial charge in [0.25, 0.3) is 10.2 Å². The van der Waals surface area contributed by atoms with Crippen LogP contribution in [0.2, 0.25) is 0 Å². The Morgan fingerprint density at radius 3 is 2.30 bits per heavy atom. The van der Waals surface area contributed by atoms with Gasteiger partial charge in [0.15, 0.2) is 0 Å². The Balaban J connectivity index is 0.000000321. The van der Waals surface area contributed by atoms with Gasteiger partial charge in [0.1, 0.15) is 0 Å². The van der Waals surface area contributed by atoms with Gasteiger partial charge in [-0.05, 0) is 18.8 Å². The summed E-state index contributed by atoms with van der Waals surface area (Å²) in [6.07, 6.45) is -2.31. The average molecular weight is 417 g/mol. The smallest absolute Gasteiger partial charge is 0.475 e. The van der Waals surface area contributed by atoms with E-state index >= 15 is 0 Å². The van der Waals surface area contributed by atoms with Crippen molar-refractivity contribution in [1.29, 1.82) is 0 Å². The minimum absolute atomic E-state index is 0.0638. The third-order valence-electron chi connectivity index (χ3n) is 4.82. The zero-order chi connectivity index (χ0) is 20.4. The fourth-order valence-electron chi connectivity index (χ4n) is 3.17. The fraction of sp³-hybridized carbons (Fsp3) is 0.933. The minimum Gasteiger partial charge on any atom is -0.475 e. The third kappa shape index (κ3) is 6.28. The first kappa shape index (κ1) is 22.3. The van der Waals surface area contributed by atoms with Crippen LogP contribution >= 0.6 is 0 Å². The number of carbonyl (C=O) groups is 1. The molecule has 0 bridgehead atoms. The number of nitrogens with zero attached hydrogens (tertiary/aromatic N) is 3. The molecule has 0 aromatic rings. The molecule has 158 valence electrons. The van der Waals surface area contributed by atoms with Gasteiger partial charge in [0.05, 0.1) is 12.7 Å². The molecule has 3 rings (SSSR count). The number of hydrogen-bond donors (Lipinski definition) is 1. The van der Waals surface area contributed by atoms with E-state index in [1.165, 1.54) is 17.1 Å². The molecule has 0 aromatic carbocycles. The second-order valence-corrected chi connectivity index (χ2v) is 9.42. The van der Waals surface area contributed by atoms with E-state index in [9.17, 15) is 21.6 Å². The molecule has 2 aliphatic heterocycles. The highest BCUT2D eigenvalue weighted by atomic mass is 32.2. The predicted molar refractivity (Wildman–Crippen MR) is 90.3 cm³/mol. The van der Waals surface area contributed by atoms with Gasteiger partial charge in [-0.1, -0.05) is 0 Å². The third-order valence-corrected chi connectivity index (χ3v) is 6.70. The van der Waals surface area contributed by atoms with E-state index in [0.717, 1.165) is 32.2 Å². The molecule has 27 heavy (non-hydrogen) atoms. The predicted octanol–water partition coefficient (Wildman–Crippen LogP) is 0.469. The number of fused-ring (bicyclic) bond motifs is 1. The molecule has 3 aliphatic rings. The molecule has 1 N–H and O–H groups in total. The second kappa shape index (κ2) is 8.60. The van der Waals surface area contributed by atoms with E-state index in [2.05, 4.69) is 4.90 Å². The molecule has 2 saturated heterocycles. The molecule has 0 amide bonds. The van der Waals surface area contributed by atoms with Gasteiger partial charge in [-0.3, -0.25) is 0 Å². The summed E-state index contributed by atoms with van der Waals surface area (Å²) >= 11 is 0. The van der Waals surface area contributed by atoms with Crippen molar-refractivity contribution < 1.29 is 36.2 Å². The lowest BCUT2D eigenvalue weighted by molar-refractivity contribution is -0.192. The van der Waals surface area contributed by atoms with E-state index in [1.807, 2.05) is 0 Å². The quantitative estimate of drug-likeness (QED) is 0.715. The van der Waals surface area contributed by atoms with Crippen molar-refractivity contribution >= 4 is 16.2 Å². The molecule has 0 spiro atoms. The van der Waals surface area contributed by atoms with Crippen LogP contribution in [-0.2, 0) is 19.7 Å². The molecular weight excluding hydrogens is 391 g/mol. The fourth-order valence-corrected chi connectivity index (χ4v) is 4.35. The zero-order valence-electron chi connectivity index (χ0n) is 15.4. The topological polar surface area (TPSA) is 90.4 Å². The molecule has 12 heteroatoms. The number of rotatable bonds is 4. The Bertz CT molecular complexity index is 625. The first-order valence-electron chi connectivity index (χ1n) is 8.73. The first-order valence-corrected chi connectivity index (χ1v) is 10.1. The lowest BCUT2D eigenvalue weighted by Crippen LogP contribution is -2.40. The van der Waals surface area contributed by atoms with Crippen molar-refractivity contribution in [2.24, 2.45) is 11.8 Å². The number of alkyl halides is 3. The summed E-state index contributed by atoms with van der Waals surface area (Å²) in [6.45, 7) is 4.94. The number of ether oxygens (including phenoxy) is 1. The van der Waals surface area contributed by atoms with Crippen molar-refractivity contribution in [3.05, 3.63) is 0 Å². The maximum atomic E-state index is 12.2. The Labute approximate surface area is 157 Å². The van der Waals surface area contributed by atoms with Gasteiger partial charge in [0, 0.05) is 52.7 Å². The molecule has 8 nitrogen and oxygen atoms in total. The molecule has 1 aliphatic carbocycles. The van der Waals surface area contributed by atoms with Crippen molar-refractivity contribution in [3.63, 3.8) is 0 Å². The highest BCUT2D eigenvalue weighted by Gasteiger charge is 2.42. The Morgan fingerprint density at radius 1 is 1.22 bits per heavy atom. The number of halogens is 3. The summed E-state index contributed by atoms with van der Waals surface area (Å²) in [6, 6.07) is 0.